The van der Waals surface area contributed by atoms with E-state index in [4.69, 9.17) is 43.9 Å². The van der Waals surface area contributed by atoms with E-state index in [1.807, 2.05) is 48.5 Å². The van der Waals surface area contributed by atoms with Gasteiger partial charge in [0.25, 0.3) is 0 Å². The third-order valence-corrected chi connectivity index (χ3v) is 5.90. The SMILES string of the molecule is [B]c1cc(C2C(c3noc(CCl)n3)=C(N)Oc3c2ccc2ccccc32)cc(OC)c1OC. The monoisotopic (exact) mass is 459 g/mol. The van der Waals surface area contributed by atoms with Gasteiger partial charge in [0, 0.05) is 16.9 Å². The lowest BCUT2D eigenvalue weighted by Gasteiger charge is -2.30. The summed E-state index contributed by atoms with van der Waals surface area (Å²) >= 11 is 5.89. The zero-order valence-corrected chi connectivity index (χ0v) is 18.7. The van der Waals surface area contributed by atoms with Crippen molar-refractivity contribution in [2.24, 2.45) is 5.73 Å². The molecule has 1 unspecified atom stereocenters. The Morgan fingerprint density at radius 1 is 1.12 bits per heavy atom. The summed E-state index contributed by atoms with van der Waals surface area (Å²) < 4.78 is 22.4. The Labute approximate surface area is 196 Å². The summed E-state index contributed by atoms with van der Waals surface area (Å²) in [6.07, 6.45) is 0. The average Bonchev–Trinajstić information content (AvgIpc) is 3.31. The third kappa shape index (κ3) is 3.47. The molecule has 164 valence electrons. The van der Waals surface area contributed by atoms with Crippen LogP contribution in [0.3, 0.4) is 0 Å². The molecule has 2 heterocycles. The van der Waals surface area contributed by atoms with E-state index in [0.717, 1.165) is 21.9 Å². The summed E-state index contributed by atoms with van der Waals surface area (Å²) in [6, 6.07) is 15.7. The molecule has 5 rings (SSSR count). The van der Waals surface area contributed by atoms with Crippen molar-refractivity contribution >= 4 is 41.3 Å². The van der Waals surface area contributed by atoms with E-state index < -0.39 is 5.92 Å². The van der Waals surface area contributed by atoms with E-state index in [0.29, 0.717) is 34.1 Å². The fourth-order valence-corrected chi connectivity index (χ4v) is 4.36. The number of alkyl halides is 1. The minimum atomic E-state index is -0.416. The van der Waals surface area contributed by atoms with E-state index >= 15 is 0 Å². The van der Waals surface area contributed by atoms with Crippen molar-refractivity contribution in [3.63, 3.8) is 0 Å². The molecule has 0 saturated heterocycles. The van der Waals surface area contributed by atoms with Crippen molar-refractivity contribution in [3.05, 3.63) is 77.3 Å². The fourth-order valence-electron chi connectivity index (χ4n) is 4.25. The molecule has 1 aliphatic heterocycles. The second-order valence-corrected chi connectivity index (χ2v) is 7.78. The lowest BCUT2D eigenvalue weighted by molar-refractivity contribution is 0.356. The van der Waals surface area contributed by atoms with Crippen molar-refractivity contribution in [2.45, 2.75) is 11.8 Å². The van der Waals surface area contributed by atoms with Crippen molar-refractivity contribution < 1.29 is 18.7 Å². The largest absolute Gasteiger partial charge is 0.493 e. The Balaban J connectivity index is 1.80. The van der Waals surface area contributed by atoms with E-state index in [2.05, 4.69) is 10.1 Å². The van der Waals surface area contributed by atoms with Gasteiger partial charge in [-0.15, -0.1) is 11.6 Å². The first-order valence-corrected chi connectivity index (χ1v) is 10.7. The van der Waals surface area contributed by atoms with Crippen LogP contribution in [0.15, 0.2) is 58.9 Å². The predicted molar refractivity (Wildman–Crippen MR) is 126 cm³/mol. The quantitative estimate of drug-likeness (QED) is 0.360. The number of halogens is 1. The van der Waals surface area contributed by atoms with Crippen LogP contribution in [0.1, 0.15) is 28.8 Å². The van der Waals surface area contributed by atoms with Crippen LogP contribution in [0, 0.1) is 0 Å². The topological polar surface area (TPSA) is 92.6 Å². The van der Waals surface area contributed by atoms with E-state index in [1.165, 1.54) is 0 Å². The zero-order valence-electron chi connectivity index (χ0n) is 18.0. The number of hydrogen-bond acceptors (Lipinski definition) is 7. The number of hydrogen-bond donors (Lipinski definition) is 1. The maximum absolute atomic E-state index is 6.48. The molecule has 2 N–H and O–H groups in total. The summed E-state index contributed by atoms with van der Waals surface area (Å²) in [5, 5.41) is 6.06. The van der Waals surface area contributed by atoms with Gasteiger partial charge < -0.3 is 24.5 Å². The molecule has 4 aromatic rings. The molecule has 0 fully saturated rings. The van der Waals surface area contributed by atoms with Crippen molar-refractivity contribution in [2.75, 3.05) is 14.2 Å². The Morgan fingerprint density at radius 2 is 1.94 bits per heavy atom. The minimum absolute atomic E-state index is 0.0796. The standard InChI is InChI=1S/C24H19BClN3O4/c1-30-17-10-13(9-16(25)22(17)31-2)19-15-8-7-12-5-3-4-6-14(12)21(15)32-23(27)20(19)24-28-18(11-26)33-29-24/h3-10,19H,11,27H2,1-2H3. The van der Waals surface area contributed by atoms with Gasteiger partial charge in [-0.05, 0) is 17.0 Å². The van der Waals surface area contributed by atoms with E-state index in [-0.39, 0.29) is 17.7 Å². The van der Waals surface area contributed by atoms with Crippen LogP contribution in [0.25, 0.3) is 16.3 Å². The van der Waals surface area contributed by atoms with Crippen molar-refractivity contribution in [3.8, 4) is 17.2 Å². The molecule has 0 saturated carbocycles. The number of ether oxygens (including phenoxy) is 3. The molecular formula is C24H19BClN3O4. The average molecular weight is 460 g/mol. The first kappa shape index (κ1) is 21.2. The summed E-state index contributed by atoms with van der Waals surface area (Å²) in [4.78, 5) is 4.40. The number of benzene rings is 3. The maximum Gasteiger partial charge on any atom is 0.241 e. The van der Waals surface area contributed by atoms with Crippen LogP contribution >= 0.6 is 11.6 Å². The number of fused-ring (bicyclic) bond motifs is 3. The van der Waals surface area contributed by atoms with Gasteiger partial charge in [-0.3, -0.25) is 0 Å². The minimum Gasteiger partial charge on any atom is -0.493 e. The molecule has 3 aromatic carbocycles. The molecule has 2 radical (unpaired) electrons. The summed E-state index contributed by atoms with van der Waals surface area (Å²) in [5.74, 6) is 2.01. The number of nitrogens with two attached hydrogens (primary N) is 1. The predicted octanol–water partition coefficient (Wildman–Crippen LogP) is 3.62. The summed E-state index contributed by atoms with van der Waals surface area (Å²) in [7, 11) is 9.42. The summed E-state index contributed by atoms with van der Waals surface area (Å²) in [5.41, 5.74) is 9.13. The van der Waals surface area contributed by atoms with Crippen LogP contribution in [0.4, 0.5) is 0 Å². The Bertz CT molecular complexity index is 1400. The van der Waals surface area contributed by atoms with Gasteiger partial charge >= 0.3 is 0 Å². The molecule has 0 aliphatic carbocycles. The van der Waals surface area contributed by atoms with Crippen LogP contribution in [0.2, 0.25) is 0 Å². The molecule has 9 heteroatoms. The Kier molecular flexibility index (Phi) is 5.38. The third-order valence-electron chi connectivity index (χ3n) is 5.67. The van der Waals surface area contributed by atoms with E-state index in [9.17, 15) is 0 Å². The van der Waals surface area contributed by atoms with Crippen LogP contribution < -0.4 is 25.4 Å². The molecule has 0 bridgehead atoms. The number of aromatic nitrogens is 2. The van der Waals surface area contributed by atoms with Gasteiger partial charge in [0.05, 0.1) is 19.8 Å². The van der Waals surface area contributed by atoms with Gasteiger partial charge in [-0.25, -0.2) is 0 Å². The van der Waals surface area contributed by atoms with Crippen LogP contribution in [-0.2, 0) is 5.88 Å². The van der Waals surface area contributed by atoms with Gasteiger partial charge in [0.1, 0.15) is 19.5 Å². The summed E-state index contributed by atoms with van der Waals surface area (Å²) in [6.45, 7) is 0. The highest BCUT2D eigenvalue weighted by Gasteiger charge is 2.35. The van der Waals surface area contributed by atoms with Crippen LogP contribution in [-0.4, -0.2) is 32.2 Å². The van der Waals surface area contributed by atoms with Crippen molar-refractivity contribution in [1.82, 2.24) is 10.1 Å². The van der Waals surface area contributed by atoms with Gasteiger partial charge in [-0.1, -0.05) is 53.1 Å². The molecule has 7 nitrogen and oxygen atoms in total. The number of nitrogens with zero attached hydrogens (tertiary/aromatic N) is 2. The van der Waals surface area contributed by atoms with Crippen molar-refractivity contribution in [1.29, 1.82) is 0 Å². The molecule has 0 amide bonds. The number of allylic oxidation sites excluding steroid dienone is 1. The first-order chi connectivity index (χ1) is 16.0. The highest BCUT2D eigenvalue weighted by Crippen LogP contribution is 2.49. The van der Waals surface area contributed by atoms with Gasteiger partial charge in [-0.2, -0.15) is 4.98 Å². The second kappa shape index (κ2) is 8.37. The molecule has 0 spiro atoms. The zero-order chi connectivity index (χ0) is 23.1. The molecule has 33 heavy (non-hydrogen) atoms. The number of rotatable bonds is 5. The fraction of sp³-hybridized carbons (Fsp3) is 0.167. The van der Waals surface area contributed by atoms with Gasteiger partial charge in [0.2, 0.25) is 11.7 Å². The highest BCUT2D eigenvalue weighted by molar-refractivity contribution is 6.34. The highest BCUT2D eigenvalue weighted by atomic mass is 35.5. The molecular weight excluding hydrogens is 441 g/mol. The Morgan fingerprint density at radius 3 is 2.67 bits per heavy atom. The lowest BCUT2D eigenvalue weighted by atomic mass is 9.79. The van der Waals surface area contributed by atoms with E-state index in [1.54, 1.807) is 14.2 Å². The Hall–Kier alpha value is -3.65. The van der Waals surface area contributed by atoms with Gasteiger partial charge in [0.15, 0.2) is 17.4 Å². The maximum atomic E-state index is 6.48. The number of methoxy groups -OCH3 is 2. The normalized spacial score (nSPS) is 15.3. The first-order valence-electron chi connectivity index (χ1n) is 10.1. The molecule has 1 atom stereocenters. The second-order valence-electron chi connectivity index (χ2n) is 7.51. The lowest BCUT2D eigenvalue weighted by Crippen LogP contribution is -2.23. The smallest absolute Gasteiger partial charge is 0.241 e. The molecule has 1 aromatic heterocycles. The van der Waals surface area contributed by atoms with Crippen LogP contribution in [0.5, 0.6) is 17.2 Å². The molecule has 1 aliphatic rings.